The number of carbonyl (C=O) groups excluding carboxylic acids is 1. The summed E-state index contributed by atoms with van der Waals surface area (Å²) in [6.45, 7) is 0.537. The highest BCUT2D eigenvalue weighted by Gasteiger charge is 2.39. The number of anilines is 1. The lowest BCUT2D eigenvalue weighted by molar-refractivity contribution is -0.143. The number of nitrogens with zero attached hydrogens (tertiary/aromatic N) is 2. The Morgan fingerprint density at radius 1 is 0.879 bits per heavy atom. The number of benzene rings is 2. The van der Waals surface area contributed by atoms with Crippen LogP contribution in [0.15, 0.2) is 36.4 Å². The van der Waals surface area contributed by atoms with E-state index in [1.54, 1.807) is 0 Å². The molecule has 1 aliphatic heterocycles. The van der Waals surface area contributed by atoms with Crippen LogP contribution >= 0.6 is 0 Å². The summed E-state index contributed by atoms with van der Waals surface area (Å²) in [5, 5.41) is 3.00. The molecule has 0 radical (unpaired) electrons. The van der Waals surface area contributed by atoms with Crippen molar-refractivity contribution in [3.05, 3.63) is 64.7 Å². The summed E-state index contributed by atoms with van der Waals surface area (Å²) in [6.07, 6.45) is -10.1. The number of nitrogens with one attached hydrogen (secondary N) is 1. The van der Waals surface area contributed by atoms with Crippen molar-refractivity contribution >= 4 is 11.7 Å². The van der Waals surface area contributed by atoms with Crippen molar-refractivity contribution < 1.29 is 39.9 Å². The first kappa shape index (κ1) is 24.7. The van der Waals surface area contributed by atoms with Crippen molar-refractivity contribution in [3.63, 3.8) is 0 Å². The Hall–Kier alpha value is -2.89. The van der Waals surface area contributed by atoms with Gasteiger partial charge in [-0.05, 0) is 35.9 Å². The Labute approximate surface area is 183 Å². The topological polar surface area (TPSA) is 35.6 Å². The molecular formula is C21H19F8N3O. The van der Waals surface area contributed by atoms with Crippen LogP contribution in [0.4, 0.5) is 45.6 Å². The van der Waals surface area contributed by atoms with Crippen molar-refractivity contribution in [1.82, 2.24) is 10.2 Å². The van der Waals surface area contributed by atoms with Gasteiger partial charge in [0.2, 0.25) is 0 Å². The van der Waals surface area contributed by atoms with Gasteiger partial charge < -0.3 is 10.2 Å². The van der Waals surface area contributed by atoms with E-state index >= 15 is 0 Å². The molecule has 2 aromatic carbocycles. The third kappa shape index (κ3) is 5.21. The third-order valence-electron chi connectivity index (χ3n) is 5.60. The SMILES string of the molecule is CN(C(=O)N(C)[C@@H]1CNC[C@H]1c1ccc(F)c(F)c1)c1cc(C(F)(F)F)cc(C(F)(F)F)c1. The number of rotatable bonds is 3. The first-order chi connectivity index (χ1) is 15.2. The fourth-order valence-electron chi connectivity index (χ4n) is 3.78. The van der Waals surface area contributed by atoms with E-state index in [1.165, 1.54) is 13.1 Å². The largest absolute Gasteiger partial charge is 0.416 e. The molecule has 0 aliphatic carbocycles. The molecule has 1 aliphatic rings. The minimum Gasteiger partial charge on any atom is -0.322 e. The van der Waals surface area contributed by atoms with Crippen LogP contribution in [-0.2, 0) is 12.4 Å². The molecule has 0 saturated carbocycles. The standard InChI is InChI=1S/C21H19F8N3O/c1-31(14-7-12(20(24,25)26)6-13(8-14)21(27,28)29)19(33)32(2)18-10-30-9-15(18)11-3-4-16(22)17(23)5-11/h3-8,15,18,30H,9-10H2,1-2H3/t15-,18+/m0/s1. The molecule has 1 heterocycles. The predicted molar refractivity (Wildman–Crippen MR) is 104 cm³/mol. The highest BCUT2D eigenvalue weighted by molar-refractivity contribution is 5.92. The van der Waals surface area contributed by atoms with E-state index in [0.717, 1.165) is 24.1 Å². The lowest BCUT2D eigenvalue weighted by Gasteiger charge is -2.33. The zero-order valence-corrected chi connectivity index (χ0v) is 17.4. The molecule has 1 N–H and O–H groups in total. The summed E-state index contributed by atoms with van der Waals surface area (Å²) < 4.78 is 106. The van der Waals surface area contributed by atoms with Crippen LogP contribution in [0.25, 0.3) is 0 Å². The summed E-state index contributed by atoms with van der Waals surface area (Å²) in [4.78, 5) is 14.8. The zero-order chi connectivity index (χ0) is 24.7. The molecular weight excluding hydrogens is 462 g/mol. The average molecular weight is 481 g/mol. The molecule has 2 atom stereocenters. The maximum Gasteiger partial charge on any atom is 0.416 e. The van der Waals surface area contributed by atoms with E-state index in [-0.39, 0.29) is 12.6 Å². The van der Waals surface area contributed by atoms with Crippen molar-refractivity contribution in [2.45, 2.75) is 24.3 Å². The molecule has 3 rings (SSSR count). The van der Waals surface area contributed by atoms with Crippen molar-refractivity contribution in [2.75, 3.05) is 32.1 Å². The highest BCUT2D eigenvalue weighted by Crippen LogP contribution is 2.38. The van der Waals surface area contributed by atoms with Crippen molar-refractivity contribution in [3.8, 4) is 0 Å². The number of likely N-dealkylation sites (N-methyl/N-ethyl adjacent to an activating group) is 1. The van der Waals surface area contributed by atoms with Crippen LogP contribution in [0.1, 0.15) is 22.6 Å². The molecule has 4 nitrogen and oxygen atoms in total. The molecule has 0 aromatic heterocycles. The number of hydrogen-bond acceptors (Lipinski definition) is 2. The molecule has 1 fully saturated rings. The second-order valence-corrected chi connectivity index (χ2v) is 7.72. The van der Waals surface area contributed by atoms with Crippen LogP contribution in [0, 0.1) is 11.6 Å². The number of hydrogen-bond donors (Lipinski definition) is 1. The van der Waals surface area contributed by atoms with E-state index in [2.05, 4.69) is 5.32 Å². The Kier molecular flexibility index (Phi) is 6.60. The van der Waals surface area contributed by atoms with Crippen LogP contribution in [0.2, 0.25) is 0 Å². The maximum atomic E-state index is 13.7. The van der Waals surface area contributed by atoms with Crippen LogP contribution in [0.3, 0.4) is 0 Å². The lowest BCUT2D eigenvalue weighted by Crippen LogP contribution is -2.47. The minimum absolute atomic E-state index is 0.0223. The number of carbonyl (C=O) groups is 1. The van der Waals surface area contributed by atoms with Crippen LogP contribution in [-0.4, -0.2) is 44.2 Å². The molecule has 33 heavy (non-hydrogen) atoms. The first-order valence-electron chi connectivity index (χ1n) is 9.66. The second kappa shape index (κ2) is 8.81. The summed E-state index contributed by atoms with van der Waals surface area (Å²) >= 11 is 0. The second-order valence-electron chi connectivity index (χ2n) is 7.72. The van der Waals surface area contributed by atoms with E-state index in [0.29, 0.717) is 29.1 Å². The van der Waals surface area contributed by atoms with E-state index in [9.17, 15) is 39.9 Å². The van der Waals surface area contributed by atoms with Crippen LogP contribution in [0.5, 0.6) is 0 Å². The van der Waals surface area contributed by atoms with Gasteiger partial charge in [0.25, 0.3) is 0 Å². The summed E-state index contributed by atoms with van der Waals surface area (Å²) in [7, 11) is 2.39. The zero-order valence-electron chi connectivity index (χ0n) is 17.4. The average Bonchev–Trinajstić information content (AvgIpc) is 3.22. The molecule has 0 bridgehead atoms. The number of urea groups is 1. The predicted octanol–water partition coefficient (Wildman–Crippen LogP) is 5.25. The molecule has 12 heteroatoms. The third-order valence-corrected chi connectivity index (χ3v) is 5.60. The van der Waals surface area contributed by atoms with E-state index in [4.69, 9.17) is 0 Å². The molecule has 0 unspecified atom stereocenters. The number of alkyl halides is 6. The van der Waals surface area contributed by atoms with Gasteiger partial charge in [0.15, 0.2) is 11.6 Å². The number of halogens is 8. The van der Waals surface area contributed by atoms with Crippen LogP contribution < -0.4 is 10.2 Å². The molecule has 0 spiro atoms. The maximum absolute atomic E-state index is 13.7. The molecule has 1 saturated heterocycles. The van der Waals surface area contributed by atoms with E-state index < -0.39 is 58.8 Å². The Morgan fingerprint density at radius 3 is 1.97 bits per heavy atom. The Balaban J connectivity index is 1.90. The summed E-state index contributed by atoms with van der Waals surface area (Å²) in [5.74, 6) is -2.60. The van der Waals surface area contributed by atoms with Gasteiger partial charge in [0.1, 0.15) is 0 Å². The van der Waals surface area contributed by atoms with Gasteiger partial charge in [0, 0.05) is 38.8 Å². The number of amides is 2. The smallest absolute Gasteiger partial charge is 0.322 e. The Bertz CT molecular complexity index is 1000. The van der Waals surface area contributed by atoms with Gasteiger partial charge in [-0.25, -0.2) is 13.6 Å². The van der Waals surface area contributed by atoms with Crippen molar-refractivity contribution in [2.24, 2.45) is 0 Å². The highest BCUT2D eigenvalue weighted by atomic mass is 19.4. The monoisotopic (exact) mass is 481 g/mol. The lowest BCUT2D eigenvalue weighted by atomic mass is 9.93. The van der Waals surface area contributed by atoms with Gasteiger partial charge in [0.05, 0.1) is 17.2 Å². The van der Waals surface area contributed by atoms with Crippen molar-refractivity contribution in [1.29, 1.82) is 0 Å². The van der Waals surface area contributed by atoms with Gasteiger partial charge in [-0.1, -0.05) is 6.07 Å². The van der Waals surface area contributed by atoms with Gasteiger partial charge in [-0.2, -0.15) is 26.3 Å². The van der Waals surface area contributed by atoms with Gasteiger partial charge in [-0.15, -0.1) is 0 Å². The van der Waals surface area contributed by atoms with Gasteiger partial charge >= 0.3 is 18.4 Å². The Morgan fingerprint density at radius 2 is 1.45 bits per heavy atom. The summed E-state index contributed by atoms with van der Waals surface area (Å²) in [6, 6.07) is 2.70. The van der Waals surface area contributed by atoms with E-state index in [1.807, 2.05) is 0 Å². The fourth-order valence-corrected chi connectivity index (χ4v) is 3.78. The fraction of sp³-hybridized carbons (Fsp3) is 0.381. The normalized spacial score (nSPS) is 19.0. The summed E-state index contributed by atoms with van der Waals surface area (Å²) in [5.41, 5.74) is -3.29. The molecule has 180 valence electrons. The first-order valence-corrected chi connectivity index (χ1v) is 9.66. The minimum atomic E-state index is -5.06. The van der Waals surface area contributed by atoms with Gasteiger partial charge in [-0.3, -0.25) is 4.90 Å². The quantitative estimate of drug-likeness (QED) is 0.609. The molecule has 2 amide bonds. The molecule has 2 aromatic rings.